The molecule has 160 valence electrons. The first-order valence-corrected chi connectivity index (χ1v) is 8.52. The van der Waals surface area contributed by atoms with E-state index in [0.717, 1.165) is 5.56 Å². The van der Waals surface area contributed by atoms with Crippen molar-refractivity contribution in [3.05, 3.63) is 35.9 Å². The van der Waals surface area contributed by atoms with Gasteiger partial charge >= 0.3 is 17.9 Å². The van der Waals surface area contributed by atoms with Crippen LogP contribution in [-0.2, 0) is 20.8 Å². The molecule has 0 saturated heterocycles. The number of benzene rings is 1. The number of aliphatic carboxylic acids is 3. The third-order valence-corrected chi connectivity index (χ3v) is 3.17. The van der Waals surface area contributed by atoms with Crippen molar-refractivity contribution in [3.63, 3.8) is 0 Å². The Hall–Kier alpha value is -2.53. The first-order valence-electron chi connectivity index (χ1n) is 8.52. The quantitative estimate of drug-likeness (QED) is 0.296. The topological polar surface area (TPSA) is 210 Å². The summed E-state index contributed by atoms with van der Waals surface area (Å²) in [6, 6.07) is 6.73. The van der Waals surface area contributed by atoms with Crippen LogP contribution in [0.2, 0.25) is 0 Å². The van der Waals surface area contributed by atoms with Crippen LogP contribution >= 0.6 is 0 Å². The zero-order chi connectivity index (χ0) is 22.3. The minimum atomic E-state index is -1.18. The minimum absolute atomic E-state index is 0.357. The number of nitrogens with two attached hydrogens (primary N) is 3. The highest BCUT2D eigenvalue weighted by Crippen LogP contribution is 2.02. The highest BCUT2D eigenvalue weighted by atomic mass is 16.4. The van der Waals surface area contributed by atoms with Crippen molar-refractivity contribution in [1.82, 2.24) is 0 Å². The van der Waals surface area contributed by atoms with Gasteiger partial charge in [0.05, 0.1) is 6.61 Å². The molecule has 0 amide bonds. The summed E-state index contributed by atoms with van der Waals surface area (Å²) in [7, 11) is 0. The van der Waals surface area contributed by atoms with Crippen molar-refractivity contribution >= 4 is 17.9 Å². The molecule has 10 nitrogen and oxygen atoms in total. The number of aliphatic hydroxyl groups is 1. The van der Waals surface area contributed by atoms with Gasteiger partial charge < -0.3 is 37.6 Å². The van der Waals surface area contributed by atoms with E-state index in [0.29, 0.717) is 18.8 Å². The lowest BCUT2D eigenvalue weighted by molar-refractivity contribution is -0.140. The molecular formula is C18H31N3O7. The third kappa shape index (κ3) is 15.7. The Morgan fingerprint density at radius 3 is 1.50 bits per heavy atom. The van der Waals surface area contributed by atoms with Gasteiger partial charge in [0.15, 0.2) is 0 Å². The molecule has 0 saturated carbocycles. The molecule has 10 heteroatoms. The molecule has 0 aromatic heterocycles. The Morgan fingerprint density at radius 2 is 1.25 bits per heavy atom. The van der Waals surface area contributed by atoms with Gasteiger partial charge in [0.1, 0.15) is 18.1 Å². The predicted molar refractivity (Wildman–Crippen MR) is 104 cm³/mol. The lowest BCUT2D eigenvalue weighted by Crippen LogP contribution is -2.33. The van der Waals surface area contributed by atoms with Crippen LogP contribution in [0.15, 0.2) is 30.3 Å². The van der Waals surface area contributed by atoms with E-state index in [4.69, 9.17) is 37.6 Å². The van der Waals surface area contributed by atoms with Gasteiger partial charge in [-0.3, -0.25) is 14.4 Å². The first kappa shape index (κ1) is 27.7. The first-order chi connectivity index (χ1) is 12.9. The number of carbonyl (C=O) groups is 3. The molecule has 1 aromatic rings. The molecule has 10 N–H and O–H groups in total. The molecule has 0 radical (unpaired) electrons. The van der Waals surface area contributed by atoms with Crippen LogP contribution in [-0.4, -0.2) is 63.1 Å². The number of aliphatic hydroxyl groups excluding tert-OH is 1. The SMILES string of the molecule is CC(C)C[C@H](N)C(=O)O.N[C@@H](CO)C(=O)O.N[C@@H](Cc1ccccc1)C(=O)O. The van der Waals surface area contributed by atoms with Crippen LogP contribution in [0, 0.1) is 5.92 Å². The Labute approximate surface area is 164 Å². The van der Waals surface area contributed by atoms with E-state index >= 15 is 0 Å². The smallest absolute Gasteiger partial charge is 0.322 e. The fourth-order valence-electron chi connectivity index (χ4n) is 1.64. The lowest BCUT2D eigenvalue weighted by Gasteiger charge is -2.07. The molecule has 0 heterocycles. The molecule has 0 fully saturated rings. The summed E-state index contributed by atoms with van der Waals surface area (Å²) in [5.74, 6) is -2.69. The Balaban J connectivity index is 0. The Kier molecular flexibility index (Phi) is 15.3. The molecule has 3 atom stereocenters. The van der Waals surface area contributed by atoms with Gasteiger partial charge in [0.2, 0.25) is 0 Å². The Bertz CT molecular complexity index is 582. The molecule has 0 spiro atoms. The number of hydrogen-bond acceptors (Lipinski definition) is 7. The van der Waals surface area contributed by atoms with E-state index in [2.05, 4.69) is 0 Å². The molecule has 28 heavy (non-hydrogen) atoms. The fourth-order valence-corrected chi connectivity index (χ4v) is 1.64. The summed E-state index contributed by atoms with van der Waals surface area (Å²) >= 11 is 0. The normalized spacial score (nSPS) is 13.1. The molecule has 0 aliphatic heterocycles. The standard InChI is InChI=1S/C9H11NO2.C6H13NO2.C3H7NO3/c10-8(9(11)12)6-7-4-2-1-3-5-7;1-4(2)3-5(7)6(8)9;4-2(1-5)3(6)7/h1-5,8H,6,10H2,(H,11,12);4-5H,3,7H2,1-2H3,(H,8,9);2,5H,1,4H2,(H,6,7)/t8-;5-;2-/m000/s1. The van der Waals surface area contributed by atoms with Crippen molar-refractivity contribution in [2.45, 2.75) is 44.8 Å². The maximum Gasteiger partial charge on any atom is 0.322 e. The second kappa shape index (κ2) is 15.5. The zero-order valence-electron chi connectivity index (χ0n) is 16.1. The number of rotatable bonds is 8. The van der Waals surface area contributed by atoms with E-state index in [9.17, 15) is 14.4 Å². The lowest BCUT2D eigenvalue weighted by atomic mass is 10.1. The van der Waals surface area contributed by atoms with Crippen LogP contribution in [0.1, 0.15) is 25.8 Å². The van der Waals surface area contributed by atoms with E-state index in [-0.39, 0.29) is 0 Å². The van der Waals surface area contributed by atoms with Crippen LogP contribution in [0.3, 0.4) is 0 Å². The van der Waals surface area contributed by atoms with Crippen LogP contribution in [0.25, 0.3) is 0 Å². The van der Waals surface area contributed by atoms with Gasteiger partial charge in [0.25, 0.3) is 0 Å². The van der Waals surface area contributed by atoms with Crippen LogP contribution in [0.5, 0.6) is 0 Å². The number of carboxylic acid groups (broad SMARTS) is 3. The number of carboxylic acids is 3. The van der Waals surface area contributed by atoms with E-state index in [1.807, 2.05) is 44.2 Å². The second-order valence-electron chi connectivity index (χ2n) is 6.34. The average Bonchev–Trinajstić information content (AvgIpc) is 2.62. The van der Waals surface area contributed by atoms with Crippen molar-refractivity contribution < 1.29 is 34.8 Å². The molecule has 0 bridgehead atoms. The Morgan fingerprint density at radius 1 is 0.821 bits per heavy atom. The van der Waals surface area contributed by atoms with E-state index in [1.165, 1.54) is 0 Å². The van der Waals surface area contributed by atoms with E-state index < -0.39 is 42.6 Å². The monoisotopic (exact) mass is 401 g/mol. The second-order valence-corrected chi connectivity index (χ2v) is 6.34. The molecule has 1 aromatic carbocycles. The van der Waals surface area contributed by atoms with Gasteiger partial charge in [-0.2, -0.15) is 0 Å². The number of hydrogen-bond donors (Lipinski definition) is 7. The van der Waals surface area contributed by atoms with Crippen molar-refractivity contribution in [3.8, 4) is 0 Å². The van der Waals surface area contributed by atoms with Gasteiger partial charge in [0, 0.05) is 0 Å². The molecule has 1 rings (SSSR count). The zero-order valence-corrected chi connectivity index (χ0v) is 16.1. The summed E-state index contributed by atoms with van der Waals surface area (Å²) in [5.41, 5.74) is 16.3. The predicted octanol–water partition coefficient (Wildman–Crippen LogP) is -0.524. The summed E-state index contributed by atoms with van der Waals surface area (Å²) < 4.78 is 0. The van der Waals surface area contributed by atoms with Crippen molar-refractivity contribution in [2.24, 2.45) is 23.1 Å². The maximum atomic E-state index is 10.4. The molecule has 0 aliphatic rings. The molecule has 0 aliphatic carbocycles. The van der Waals surface area contributed by atoms with Gasteiger partial charge in [-0.25, -0.2) is 0 Å². The van der Waals surface area contributed by atoms with Crippen LogP contribution in [0.4, 0.5) is 0 Å². The van der Waals surface area contributed by atoms with Crippen LogP contribution < -0.4 is 17.2 Å². The highest BCUT2D eigenvalue weighted by molar-refractivity contribution is 5.73. The van der Waals surface area contributed by atoms with Crippen molar-refractivity contribution in [1.29, 1.82) is 0 Å². The van der Waals surface area contributed by atoms with Gasteiger partial charge in [-0.15, -0.1) is 0 Å². The maximum absolute atomic E-state index is 10.4. The summed E-state index contributed by atoms with van der Waals surface area (Å²) in [6.45, 7) is 3.39. The fraction of sp³-hybridized carbons (Fsp3) is 0.500. The average molecular weight is 401 g/mol. The minimum Gasteiger partial charge on any atom is -0.480 e. The van der Waals surface area contributed by atoms with Crippen molar-refractivity contribution in [2.75, 3.05) is 6.61 Å². The summed E-state index contributed by atoms with van der Waals surface area (Å²) in [6.07, 6.45) is 0.936. The van der Waals surface area contributed by atoms with Gasteiger partial charge in [-0.1, -0.05) is 44.2 Å². The molecule has 0 unspecified atom stereocenters. The highest BCUT2D eigenvalue weighted by Gasteiger charge is 2.12. The summed E-state index contributed by atoms with van der Waals surface area (Å²) in [5, 5.41) is 32.7. The summed E-state index contributed by atoms with van der Waals surface area (Å²) in [4.78, 5) is 30.1. The van der Waals surface area contributed by atoms with Gasteiger partial charge in [-0.05, 0) is 24.3 Å². The van der Waals surface area contributed by atoms with E-state index in [1.54, 1.807) is 0 Å². The third-order valence-electron chi connectivity index (χ3n) is 3.17. The molecular weight excluding hydrogens is 370 g/mol. The largest absolute Gasteiger partial charge is 0.480 e.